The van der Waals surface area contributed by atoms with Crippen molar-refractivity contribution in [1.29, 1.82) is 0 Å². The van der Waals surface area contributed by atoms with Gasteiger partial charge in [0.25, 0.3) is 0 Å². The van der Waals surface area contributed by atoms with Crippen molar-refractivity contribution < 1.29 is 8.83 Å². The van der Waals surface area contributed by atoms with Crippen LogP contribution in [0.5, 0.6) is 0 Å². The van der Waals surface area contributed by atoms with Crippen molar-refractivity contribution in [3.05, 3.63) is 22.1 Å². The Hall–Kier alpha value is -1.07. The molecule has 0 aliphatic rings. The van der Waals surface area contributed by atoms with E-state index in [1.807, 2.05) is 11.9 Å². The molecule has 0 aliphatic heterocycles. The van der Waals surface area contributed by atoms with Crippen LogP contribution in [0.3, 0.4) is 0 Å². The van der Waals surface area contributed by atoms with Crippen molar-refractivity contribution in [2.75, 3.05) is 20.1 Å². The topological polar surface area (TPSA) is 72.6 Å². The van der Waals surface area contributed by atoms with Crippen molar-refractivity contribution in [1.82, 2.24) is 4.90 Å². The van der Waals surface area contributed by atoms with Gasteiger partial charge in [-0.3, -0.25) is 4.90 Å². The quantitative estimate of drug-likeness (QED) is 0.712. The largest absolute Gasteiger partial charge is 0.519 e. The second-order valence-corrected chi connectivity index (χ2v) is 2.96. The van der Waals surface area contributed by atoms with Crippen molar-refractivity contribution in [2.24, 2.45) is 5.73 Å². The number of nitrogens with two attached hydrogens (primary N) is 1. The molecular formula is C8H14N2O3. The summed E-state index contributed by atoms with van der Waals surface area (Å²) in [7, 11) is 1.90. The summed E-state index contributed by atoms with van der Waals surface area (Å²) < 4.78 is 9.54. The predicted octanol–water partition coefficient (Wildman–Crippen LogP) is -0.0683. The molecule has 0 atom stereocenters. The second-order valence-electron chi connectivity index (χ2n) is 2.96. The van der Waals surface area contributed by atoms with Gasteiger partial charge in [-0.15, -0.1) is 0 Å². The van der Waals surface area contributed by atoms with E-state index in [-0.39, 0.29) is 0 Å². The first kappa shape index (κ1) is 10.0. The molecule has 0 spiro atoms. The Kier molecular flexibility index (Phi) is 3.27. The van der Waals surface area contributed by atoms with Crippen LogP contribution in [0, 0.1) is 6.92 Å². The zero-order valence-electron chi connectivity index (χ0n) is 7.87. The third kappa shape index (κ3) is 2.71. The molecule has 5 nitrogen and oxygen atoms in total. The minimum absolute atomic E-state index is 0.536. The highest BCUT2D eigenvalue weighted by molar-refractivity contribution is 4.99. The fourth-order valence-electron chi connectivity index (χ4n) is 1.06. The van der Waals surface area contributed by atoms with Crippen LogP contribution in [0.2, 0.25) is 0 Å². The number of nitrogens with zero attached hydrogens (tertiary/aromatic N) is 1. The van der Waals surface area contributed by atoms with Gasteiger partial charge in [-0.2, -0.15) is 0 Å². The normalized spacial score (nSPS) is 11.1. The zero-order chi connectivity index (χ0) is 9.84. The lowest BCUT2D eigenvalue weighted by molar-refractivity contribution is 0.292. The van der Waals surface area contributed by atoms with Crippen molar-refractivity contribution in [3.63, 3.8) is 0 Å². The van der Waals surface area contributed by atoms with E-state index < -0.39 is 5.82 Å². The Bertz CT molecular complexity index is 315. The Morgan fingerprint density at radius 1 is 1.46 bits per heavy atom. The van der Waals surface area contributed by atoms with E-state index in [1.165, 1.54) is 0 Å². The molecule has 0 fully saturated rings. The summed E-state index contributed by atoms with van der Waals surface area (Å²) in [4.78, 5) is 12.6. The maximum atomic E-state index is 10.7. The SMILES string of the molecule is Cc1oc(=O)oc1CN(C)CCN. The lowest BCUT2D eigenvalue weighted by atomic mass is 10.3. The zero-order valence-corrected chi connectivity index (χ0v) is 7.87. The number of hydrogen-bond acceptors (Lipinski definition) is 5. The van der Waals surface area contributed by atoms with Gasteiger partial charge in [0.05, 0.1) is 6.54 Å². The molecule has 0 saturated carbocycles. The highest BCUT2D eigenvalue weighted by atomic mass is 16.6. The fraction of sp³-hybridized carbons (Fsp3) is 0.625. The van der Waals surface area contributed by atoms with E-state index in [4.69, 9.17) is 14.6 Å². The molecule has 5 heteroatoms. The van der Waals surface area contributed by atoms with Crippen LogP contribution in [0.4, 0.5) is 0 Å². The number of hydrogen-bond donors (Lipinski definition) is 1. The van der Waals surface area contributed by atoms with E-state index in [0.717, 1.165) is 6.54 Å². The summed E-state index contributed by atoms with van der Waals surface area (Å²) in [6.45, 7) is 3.59. The average molecular weight is 186 g/mol. The molecule has 0 aromatic carbocycles. The average Bonchev–Trinajstić information content (AvgIpc) is 2.30. The lowest BCUT2D eigenvalue weighted by Crippen LogP contribution is -2.25. The van der Waals surface area contributed by atoms with Gasteiger partial charge in [-0.1, -0.05) is 0 Å². The molecular weight excluding hydrogens is 172 g/mol. The summed E-state index contributed by atoms with van der Waals surface area (Å²) in [6, 6.07) is 0. The molecule has 1 aromatic heterocycles. The second kappa shape index (κ2) is 4.25. The van der Waals surface area contributed by atoms with Crippen molar-refractivity contribution in [3.8, 4) is 0 Å². The van der Waals surface area contributed by atoms with Crippen molar-refractivity contribution in [2.45, 2.75) is 13.5 Å². The summed E-state index contributed by atoms with van der Waals surface area (Å²) in [5.41, 5.74) is 5.37. The number of likely N-dealkylation sites (N-methyl/N-ethyl adjacent to an activating group) is 1. The molecule has 0 aliphatic carbocycles. The molecule has 13 heavy (non-hydrogen) atoms. The first-order chi connectivity index (χ1) is 6.13. The van der Waals surface area contributed by atoms with Crippen LogP contribution in [0.15, 0.2) is 13.6 Å². The van der Waals surface area contributed by atoms with Crippen LogP contribution in [-0.4, -0.2) is 25.0 Å². The van der Waals surface area contributed by atoms with Gasteiger partial charge >= 0.3 is 5.82 Å². The molecule has 1 heterocycles. The molecule has 2 N–H and O–H groups in total. The van der Waals surface area contributed by atoms with Gasteiger partial charge in [-0.25, -0.2) is 4.79 Å². The van der Waals surface area contributed by atoms with Crippen molar-refractivity contribution >= 4 is 0 Å². The van der Waals surface area contributed by atoms with Crippen LogP contribution < -0.4 is 11.6 Å². The van der Waals surface area contributed by atoms with Gasteiger partial charge < -0.3 is 14.6 Å². The summed E-state index contributed by atoms with van der Waals surface area (Å²) >= 11 is 0. The van der Waals surface area contributed by atoms with E-state index in [0.29, 0.717) is 24.6 Å². The Balaban J connectivity index is 2.63. The van der Waals surface area contributed by atoms with Crippen LogP contribution in [0.1, 0.15) is 11.5 Å². The van der Waals surface area contributed by atoms with E-state index in [9.17, 15) is 4.79 Å². The monoisotopic (exact) mass is 186 g/mol. The Morgan fingerprint density at radius 3 is 2.62 bits per heavy atom. The molecule has 0 radical (unpaired) electrons. The van der Waals surface area contributed by atoms with Gasteiger partial charge in [0.1, 0.15) is 5.76 Å². The standard InChI is InChI=1S/C8H14N2O3/c1-6-7(13-8(11)12-6)5-10(2)4-3-9/h3-5,9H2,1-2H3. The van der Waals surface area contributed by atoms with Gasteiger partial charge in [-0.05, 0) is 14.0 Å². The first-order valence-electron chi connectivity index (χ1n) is 4.11. The van der Waals surface area contributed by atoms with Gasteiger partial charge in [0, 0.05) is 13.1 Å². The minimum Gasteiger partial charge on any atom is -0.396 e. The summed E-state index contributed by atoms with van der Waals surface area (Å²) in [6.07, 6.45) is 0. The van der Waals surface area contributed by atoms with Gasteiger partial charge in [0.2, 0.25) is 0 Å². The third-order valence-electron chi connectivity index (χ3n) is 1.76. The van der Waals surface area contributed by atoms with Crippen LogP contribution in [0.25, 0.3) is 0 Å². The Labute approximate surface area is 76.1 Å². The maximum absolute atomic E-state index is 10.7. The van der Waals surface area contributed by atoms with Crippen LogP contribution in [-0.2, 0) is 6.54 Å². The molecule has 0 amide bonds. The van der Waals surface area contributed by atoms with Crippen LogP contribution >= 0.6 is 0 Å². The molecule has 0 unspecified atom stereocenters. The number of rotatable bonds is 4. The smallest absolute Gasteiger partial charge is 0.396 e. The number of aryl methyl sites for hydroxylation is 1. The third-order valence-corrected chi connectivity index (χ3v) is 1.76. The lowest BCUT2D eigenvalue weighted by Gasteiger charge is -2.12. The highest BCUT2D eigenvalue weighted by Gasteiger charge is 2.09. The molecule has 0 saturated heterocycles. The fourth-order valence-corrected chi connectivity index (χ4v) is 1.06. The van der Waals surface area contributed by atoms with E-state index in [2.05, 4.69) is 0 Å². The molecule has 1 aromatic rings. The maximum Gasteiger partial charge on any atom is 0.519 e. The molecule has 0 bridgehead atoms. The summed E-state index contributed by atoms with van der Waals surface area (Å²) in [5, 5.41) is 0. The highest BCUT2D eigenvalue weighted by Crippen LogP contribution is 2.06. The first-order valence-corrected chi connectivity index (χ1v) is 4.11. The van der Waals surface area contributed by atoms with E-state index >= 15 is 0 Å². The van der Waals surface area contributed by atoms with Gasteiger partial charge in [0.15, 0.2) is 5.76 Å². The molecule has 1 rings (SSSR count). The minimum atomic E-state index is -0.645. The predicted molar refractivity (Wildman–Crippen MR) is 47.4 cm³/mol. The molecule has 74 valence electrons. The van der Waals surface area contributed by atoms with E-state index in [1.54, 1.807) is 6.92 Å². The Morgan fingerprint density at radius 2 is 2.15 bits per heavy atom. The summed E-state index contributed by atoms with van der Waals surface area (Å²) in [5.74, 6) is 0.462.